The fourth-order valence-corrected chi connectivity index (χ4v) is 3.27. The molecule has 0 amide bonds. The van der Waals surface area contributed by atoms with Crippen LogP contribution in [-0.4, -0.2) is 30.3 Å². The lowest BCUT2D eigenvalue weighted by Gasteiger charge is -2.53. The van der Waals surface area contributed by atoms with Gasteiger partial charge in [-0.25, -0.2) is 0 Å². The molecule has 0 bridgehead atoms. The fourth-order valence-electron chi connectivity index (χ4n) is 3.27. The molecular weight excluding hydrogens is 200 g/mol. The molecule has 0 heterocycles. The van der Waals surface area contributed by atoms with Crippen molar-refractivity contribution in [2.75, 3.05) is 19.7 Å². The smallest absolute Gasteiger partial charge is 0.0443 e. The maximum atomic E-state index is 8.88. The molecule has 0 unspecified atom stereocenters. The number of nitrogens with two attached hydrogens (primary N) is 1. The summed E-state index contributed by atoms with van der Waals surface area (Å²) in [6.07, 6.45) is 8.99. The average molecular weight is 226 g/mol. The Bertz CT molecular complexity index is 198. The van der Waals surface area contributed by atoms with E-state index in [1.165, 1.54) is 38.5 Å². The zero-order valence-corrected chi connectivity index (χ0v) is 10.3. The van der Waals surface area contributed by atoms with Gasteiger partial charge in [-0.15, -0.1) is 0 Å². The van der Waals surface area contributed by atoms with E-state index >= 15 is 0 Å². The molecule has 16 heavy (non-hydrogen) atoms. The lowest BCUT2D eigenvalue weighted by Crippen LogP contribution is -2.64. The van der Waals surface area contributed by atoms with E-state index in [4.69, 9.17) is 10.8 Å². The number of aliphatic hydroxyl groups excluding tert-OH is 1. The van der Waals surface area contributed by atoms with Crippen LogP contribution in [0.3, 0.4) is 0 Å². The molecule has 3 nitrogen and oxygen atoms in total. The van der Waals surface area contributed by atoms with Gasteiger partial charge in [-0.3, -0.25) is 0 Å². The number of rotatable bonds is 7. The van der Waals surface area contributed by atoms with Crippen LogP contribution in [0.5, 0.6) is 0 Å². The minimum absolute atomic E-state index is 0.200. The molecule has 2 fully saturated rings. The third-order valence-corrected chi connectivity index (χ3v) is 4.79. The van der Waals surface area contributed by atoms with Gasteiger partial charge in [-0.2, -0.15) is 0 Å². The molecule has 0 aromatic heterocycles. The molecular formula is C13H26N2O. The Hall–Kier alpha value is -0.120. The first kappa shape index (κ1) is 12.3. The summed E-state index contributed by atoms with van der Waals surface area (Å²) >= 11 is 0. The van der Waals surface area contributed by atoms with E-state index < -0.39 is 0 Å². The van der Waals surface area contributed by atoms with Crippen LogP contribution < -0.4 is 11.1 Å². The predicted octanol–water partition coefficient (Wildman–Crippen LogP) is 1.26. The summed E-state index contributed by atoms with van der Waals surface area (Å²) < 4.78 is 0. The highest BCUT2D eigenvalue weighted by atomic mass is 16.3. The molecule has 2 aliphatic rings. The van der Waals surface area contributed by atoms with Gasteiger partial charge in [-0.1, -0.05) is 12.8 Å². The average Bonchev–Trinajstić information content (AvgIpc) is 2.12. The van der Waals surface area contributed by atoms with Gasteiger partial charge in [0.15, 0.2) is 0 Å². The molecule has 0 aromatic rings. The molecule has 2 saturated carbocycles. The highest BCUT2D eigenvalue weighted by Gasteiger charge is 2.47. The van der Waals surface area contributed by atoms with Gasteiger partial charge in [0.2, 0.25) is 0 Å². The van der Waals surface area contributed by atoms with Crippen molar-refractivity contribution in [2.45, 2.75) is 50.5 Å². The summed E-state index contributed by atoms with van der Waals surface area (Å²) in [4.78, 5) is 0. The highest BCUT2D eigenvalue weighted by Crippen LogP contribution is 2.46. The van der Waals surface area contributed by atoms with Crippen LogP contribution >= 0.6 is 0 Å². The molecule has 0 saturated heterocycles. The molecule has 4 N–H and O–H groups in total. The van der Waals surface area contributed by atoms with Crippen LogP contribution in [0.2, 0.25) is 0 Å². The van der Waals surface area contributed by atoms with E-state index in [-0.39, 0.29) is 12.1 Å². The van der Waals surface area contributed by atoms with Gasteiger partial charge in [-0.05, 0) is 50.5 Å². The van der Waals surface area contributed by atoms with Crippen molar-refractivity contribution in [3.8, 4) is 0 Å². The standard InChI is InChI=1S/C13H26N2O/c14-10-13(11-4-1-5-11,12-6-2-7-12)15-8-3-9-16/h11-12,15-16H,1-10,14H2. The van der Waals surface area contributed by atoms with Crippen molar-refractivity contribution in [1.29, 1.82) is 0 Å². The van der Waals surface area contributed by atoms with Gasteiger partial charge in [0, 0.05) is 18.7 Å². The summed E-state index contributed by atoms with van der Waals surface area (Å²) in [5.74, 6) is 1.59. The molecule has 0 atom stereocenters. The second-order valence-corrected chi connectivity index (χ2v) is 5.50. The van der Waals surface area contributed by atoms with E-state index in [1.54, 1.807) is 0 Å². The zero-order chi connectivity index (χ0) is 11.4. The van der Waals surface area contributed by atoms with Gasteiger partial charge >= 0.3 is 0 Å². The summed E-state index contributed by atoms with van der Waals surface area (Å²) in [5, 5.41) is 12.6. The van der Waals surface area contributed by atoms with E-state index in [2.05, 4.69) is 5.32 Å². The molecule has 0 aliphatic heterocycles. The van der Waals surface area contributed by atoms with Crippen molar-refractivity contribution in [3.05, 3.63) is 0 Å². The molecule has 2 rings (SSSR count). The quantitative estimate of drug-likeness (QED) is 0.573. The monoisotopic (exact) mass is 226 g/mol. The van der Waals surface area contributed by atoms with Gasteiger partial charge < -0.3 is 16.2 Å². The molecule has 0 radical (unpaired) electrons. The SMILES string of the molecule is NCC(NCCCO)(C1CCC1)C1CCC1. The number of nitrogens with one attached hydrogen (secondary N) is 1. The lowest BCUT2D eigenvalue weighted by molar-refractivity contribution is 0.0319. The maximum Gasteiger partial charge on any atom is 0.0443 e. The van der Waals surface area contributed by atoms with Gasteiger partial charge in [0.05, 0.1) is 0 Å². The van der Waals surface area contributed by atoms with Crippen molar-refractivity contribution >= 4 is 0 Å². The Morgan fingerprint density at radius 3 is 2.00 bits per heavy atom. The lowest BCUT2D eigenvalue weighted by atomic mass is 9.59. The Morgan fingerprint density at radius 2 is 1.69 bits per heavy atom. The Kier molecular flexibility index (Phi) is 4.22. The van der Waals surface area contributed by atoms with Crippen molar-refractivity contribution in [1.82, 2.24) is 5.32 Å². The summed E-state index contributed by atoms with van der Waals surface area (Å²) in [7, 11) is 0. The highest BCUT2D eigenvalue weighted by molar-refractivity contribution is 5.05. The van der Waals surface area contributed by atoms with E-state index in [0.29, 0.717) is 0 Å². The van der Waals surface area contributed by atoms with Crippen molar-refractivity contribution in [2.24, 2.45) is 17.6 Å². The largest absolute Gasteiger partial charge is 0.396 e. The minimum atomic E-state index is 0.200. The number of hydrogen-bond donors (Lipinski definition) is 3. The number of aliphatic hydroxyl groups is 1. The first-order valence-corrected chi connectivity index (χ1v) is 6.89. The summed E-state index contributed by atoms with van der Waals surface area (Å²) in [6.45, 7) is 1.97. The second-order valence-electron chi connectivity index (χ2n) is 5.50. The Morgan fingerprint density at radius 1 is 1.12 bits per heavy atom. The second kappa shape index (κ2) is 5.48. The van der Waals surface area contributed by atoms with E-state index in [0.717, 1.165) is 31.3 Å². The fraction of sp³-hybridized carbons (Fsp3) is 1.00. The van der Waals surface area contributed by atoms with E-state index in [1.807, 2.05) is 0 Å². The number of hydrogen-bond acceptors (Lipinski definition) is 3. The molecule has 3 heteroatoms. The molecule has 0 spiro atoms. The maximum absolute atomic E-state index is 8.88. The minimum Gasteiger partial charge on any atom is -0.396 e. The third-order valence-electron chi connectivity index (χ3n) is 4.79. The van der Waals surface area contributed by atoms with Crippen LogP contribution in [-0.2, 0) is 0 Å². The first-order chi connectivity index (χ1) is 7.83. The Balaban J connectivity index is 1.96. The third kappa shape index (κ3) is 2.13. The normalized spacial score (nSPS) is 22.9. The van der Waals surface area contributed by atoms with Crippen LogP contribution in [0, 0.1) is 11.8 Å². The first-order valence-electron chi connectivity index (χ1n) is 6.89. The summed E-state index contributed by atoms with van der Waals surface area (Å²) in [5.41, 5.74) is 6.29. The Labute approximate surface area is 98.8 Å². The molecule has 0 aromatic carbocycles. The van der Waals surface area contributed by atoms with Crippen molar-refractivity contribution in [3.63, 3.8) is 0 Å². The zero-order valence-electron chi connectivity index (χ0n) is 10.3. The van der Waals surface area contributed by atoms with Crippen LogP contribution in [0.1, 0.15) is 44.9 Å². The predicted molar refractivity (Wildman–Crippen MR) is 66.2 cm³/mol. The molecule has 94 valence electrons. The van der Waals surface area contributed by atoms with E-state index in [9.17, 15) is 0 Å². The van der Waals surface area contributed by atoms with Crippen molar-refractivity contribution < 1.29 is 5.11 Å². The van der Waals surface area contributed by atoms with Crippen LogP contribution in [0.15, 0.2) is 0 Å². The van der Waals surface area contributed by atoms with Gasteiger partial charge in [0.25, 0.3) is 0 Å². The van der Waals surface area contributed by atoms with Crippen LogP contribution in [0.4, 0.5) is 0 Å². The molecule has 2 aliphatic carbocycles. The topological polar surface area (TPSA) is 58.3 Å². The summed E-state index contributed by atoms with van der Waals surface area (Å²) in [6, 6.07) is 0. The van der Waals surface area contributed by atoms with Gasteiger partial charge in [0.1, 0.15) is 0 Å². The van der Waals surface area contributed by atoms with Crippen LogP contribution in [0.25, 0.3) is 0 Å².